The van der Waals surface area contributed by atoms with Crippen LogP contribution in [0.15, 0.2) is 18.2 Å². The van der Waals surface area contributed by atoms with Crippen molar-refractivity contribution in [2.75, 3.05) is 39.5 Å². The molecule has 1 aromatic carbocycles. The third-order valence-electron chi connectivity index (χ3n) is 3.20. The summed E-state index contributed by atoms with van der Waals surface area (Å²) in [6.45, 7) is 7.90. The minimum Gasteiger partial charge on any atom is -0.492 e. The molecule has 2 N–H and O–H groups in total. The van der Waals surface area contributed by atoms with Crippen LogP contribution < -0.4 is 10.5 Å². The first-order valence-electron chi connectivity index (χ1n) is 6.52. The number of nitrogens with zero attached hydrogens (tertiary/aromatic N) is 1. The maximum absolute atomic E-state index is 5.82. The number of hydrogen-bond donors (Lipinski definition) is 1. The van der Waals surface area contributed by atoms with Crippen molar-refractivity contribution in [3.8, 4) is 5.75 Å². The first-order valence-corrected chi connectivity index (χ1v) is 6.52. The molecule has 0 amide bonds. The molecule has 0 atom stereocenters. The van der Waals surface area contributed by atoms with Gasteiger partial charge in [0.25, 0.3) is 0 Å². The Hall–Kier alpha value is -1.10. The SMILES string of the molecule is Cc1ccc(OCCN2CCOCC2)c(CN)c1. The highest BCUT2D eigenvalue weighted by Crippen LogP contribution is 2.19. The second-order valence-corrected chi connectivity index (χ2v) is 4.62. The van der Waals surface area contributed by atoms with Crippen molar-refractivity contribution in [1.82, 2.24) is 4.90 Å². The Balaban J connectivity index is 1.82. The molecule has 1 heterocycles. The molecule has 4 nitrogen and oxygen atoms in total. The van der Waals surface area contributed by atoms with E-state index in [9.17, 15) is 0 Å². The normalized spacial score (nSPS) is 16.8. The maximum atomic E-state index is 5.82. The fourth-order valence-corrected chi connectivity index (χ4v) is 2.12. The Morgan fingerprint density at radius 3 is 2.83 bits per heavy atom. The number of aryl methyl sites for hydroxylation is 1. The summed E-state index contributed by atoms with van der Waals surface area (Å²) in [4.78, 5) is 2.36. The van der Waals surface area contributed by atoms with E-state index in [2.05, 4.69) is 24.0 Å². The van der Waals surface area contributed by atoms with Gasteiger partial charge in [0, 0.05) is 31.7 Å². The molecular formula is C14H22N2O2. The smallest absolute Gasteiger partial charge is 0.123 e. The summed E-state index contributed by atoms with van der Waals surface area (Å²) in [7, 11) is 0. The Bertz CT molecular complexity index is 376. The van der Waals surface area contributed by atoms with Crippen molar-refractivity contribution < 1.29 is 9.47 Å². The van der Waals surface area contributed by atoms with Crippen LogP contribution in [-0.2, 0) is 11.3 Å². The van der Waals surface area contributed by atoms with Crippen LogP contribution in [0, 0.1) is 6.92 Å². The van der Waals surface area contributed by atoms with Crippen LogP contribution in [0.4, 0.5) is 0 Å². The van der Waals surface area contributed by atoms with E-state index < -0.39 is 0 Å². The maximum Gasteiger partial charge on any atom is 0.123 e. The Labute approximate surface area is 109 Å². The molecule has 0 unspecified atom stereocenters. The van der Waals surface area contributed by atoms with E-state index in [1.165, 1.54) is 5.56 Å². The van der Waals surface area contributed by atoms with Gasteiger partial charge in [-0.15, -0.1) is 0 Å². The number of morpholine rings is 1. The van der Waals surface area contributed by atoms with Crippen molar-refractivity contribution in [3.05, 3.63) is 29.3 Å². The zero-order chi connectivity index (χ0) is 12.8. The van der Waals surface area contributed by atoms with E-state index in [4.69, 9.17) is 15.2 Å². The lowest BCUT2D eigenvalue weighted by molar-refractivity contribution is 0.0322. The van der Waals surface area contributed by atoms with E-state index >= 15 is 0 Å². The predicted molar refractivity (Wildman–Crippen MR) is 71.8 cm³/mol. The molecule has 0 aliphatic carbocycles. The Morgan fingerprint density at radius 2 is 2.11 bits per heavy atom. The van der Waals surface area contributed by atoms with Crippen LogP contribution >= 0.6 is 0 Å². The number of benzene rings is 1. The van der Waals surface area contributed by atoms with E-state index in [1.807, 2.05) is 6.07 Å². The van der Waals surface area contributed by atoms with E-state index in [-0.39, 0.29) is 0 Å². The van der Waals surface area contributed by atoms with Crippen molar-refractivity contribution in [3.63, 3.8) is 0 Å². The zero-order valence-electron chi connectivity index (χ0n) is 11.0. The van der Waals surface area contributed by atoms with Gasteiger partial charge in [-0.1, -0.05) is 17.7 Å². The molecule has 0 spiro atoms. The summed E-state index contributed by atoms with van der Waals surface area (Å²) in [5.74, 6) is 0.913. The van der Waals surface area contributed by atoms with Gasteiger partial charge in [0.05, 0.1) is 13.2 Å². The van der Waals surface area contributed by atoms with Gasteiger partial charge >= 0.3 is 0 Å². The van der Waals surface area contributed by atoms with Gasteiger partial charge in [0.1, 0.15) is 12.4 Å². The van der Waals surface area contributed by atoms with Gasteiger partial charge in [-0.05, 0) is 13.0 Å². The van der Waals surface area contributed by atoms with Crippen molar-refractivity contribution in [2.45, 2.75) is 13.5 Å². The highest BCUT2D eigenvalue weighted by Gasteiger charge is 2.10. The third-order valence-corrected chi connectivity index (χ3v) is 3.20. The lowest BCUT2D eigenvalue weighted by atomic mass is 10.1. The summed E-state index contributed by atoms with van der Waals surface area (Å²) in [5.41, 5.74) is 8.03. The monoisotopic (exact) mass is 250 g/mol. The van der Waals surface area contributed by atoms with Crippen LogP contribution in [0.5, 0.6) is 5.75 Å². The fraction of sp³-hybridized carbons (Fsp3) is 0.571. The first kappa shape index (κ1) is 13.3. The number of hydrogen-bond acceptors (Lipinski definition) is 4. The average Bonchev–Trinajstić information content (AvgIpc) is 2.41. The van der Waals surface area contributed by atoms with Crippen LogP contribution in [0.1, 0.15) is 11.1 Å². The lowest BCUT2D eigenvalue weighted by Crippen LogP contribution is -2.38. The molecule has 1 saturated heterocycles. The molecule has 2 rings (SSSR count). The highest BCUT2D eigenvalue weighted by molar-refractivity contribution is 5.36. The second-order valence-electron chi connectivity index (χ2n) is 4.62. The number of rotatable bonds is 5. The van der Waals surface area contributed by atoms with E-state index in [0.29, 0.717) is 13.2 Å². The summed E-state index contributed by atoms with van der Waals surface area (Å²) in [6, 6.07) is 6.16. The van der Waals surface area contributed by atoms with Gasteiger partial charge in [0.2, 0.25) is 0 Å². The molecule has 1 aromatic rings. The largest absolute Gasteiger partial charge is 0.492 e. The van der Waals surface area contributed by atoms with Crippen LogP contribution in [-0.4, -0.2) is 44.4 Å². The van der Waals surface area contributed by atoms with Gasteiger partial charge in [-0.25, -0.2) is 0 Å². The predicted octanol–water partition coefficient (Wildman–Crippen LogP) is 1.16. The second kappa shape index (κ2) is 6.73. The lowest BCUT2D eigenvalue weighted by Gasteiger charge is -2.26. The Kier molecular flexibility index (Phi) is 4.99. The quantitative estimate of drug-likeness (QED) is 0.852. The minimum absolute atomic E-state index is 0.522. The highest BCUT2D eigenvalue weighted by atomic mass is 16.5. The summed E-state index contributed by atoms with van der Waals surface area (Å²) in [6.07, 6.45) is 0. The molecule has 0 aromatic heterocycles. The molecule has 1 fully saturated rings. The average molecular weight is 250 g/mol. The standard InChI is InChI=1S/C14H22N2O2/c1-12-2-3-14(13(10-12)11-15)18-9-6-16-4-7-17-8-5-16/h2-3,10H,4-9,11,15H2,1H3. The van der Waals surface area contributed by atoms with Crippen LogP contribution in [0.25, 0.3) is 0 Å². The van der Waals surface area contributed by atoms with E-state index in [0.717, 1.165) is 44.2 Å². The third kappa shape index (κ3) is 3.70. The summed E-state index contributed by atoms with van der Waals surface area (Å²) >= 11 is 0. The number of nitrogens with two attached hydrogens (primary N) is 1. The van der Waals surface area contributed by atoms with Crippen molar-refractivity contribution in [1.29, 1.82) is 0 Å². The minimum atomic E-state index is 0.522. The first-order chi connectivity index (χ1) is 8.79. The van der Waals surface area contributed by atoms with Crippen LogP contribution in [0.2, 0.25) is 0 Å². The van der Waals surface area contributed by atoms with Crippen LogP contribution in [0.3, 0.4) is 0 Å². The molecular weight excluding hydrogens is 228 g/mol. The van der Waals surface area contributed by atoms with E-state index in [1.54, 1.807) is 0 Å². The Morgan fingerprint density at radius 1 is 1.33 bits per heavy atom. The molecule has 0 saturated carbocycles. The number of ether oxygens (including phenoxy) is 2. The molecule has 0 bridgehead atoms. The molecule has 1 aliphatic heterocycles. The summed E-state index contributed by atoms with van der Waals surface area (Å²) < 4.78 is 11.1. The fourth-order valence-electron chi connectivity index (χ4n) is 2.12. The molecule has 18 heavy (non-hydrogen) atoms. The van der Waals surface area contributed by atoms with Gasteiger partial charge in [-0.2, -0.15) is 0 Å². The van der Waals surface area contributed by atoms with Crippen molar-refractivity contribution in [2.24, 2.45) is 5.73 Å². The summed E-state index contributed by atoms with van der Waals surface area (Å²) in [5, 5.41) is 0. The molecule has 4 heteroatoms. The van der Waals surface area contributed by atoms with Gasteiger partial charge < -0.3 is 15.2 Å². The molecule has 100 valence electrons. The van der Waals surface area contributed by atoms with Gasteiger partial charge in [-0.3, -0.25) is 4.90 Å². The molecule has 1 aliphatic rings. The topological polar surface area (TPSA) is 47.7 Å². The van der Waals surface area contributed by atoms with Crippen molar-refractivity contribution >= 4 is 0 Å². The van der Waals surface area contributed by atoms with Gasteiger partial charge in [0.15, 0.2) is 0 Å². The zero-order valence-corrected chi connectivity index (χ0v) is 11.0. The molecule has 0 radical (unpaired) electrons.